The highest BCUT2D eigenvalue weighted by atomic mass is 15.1. The summed E-state index contributed by atoms with van der Waals surface area (Å²) in [6, 6.07) is 0.554. The zero-order valence-corrected chi connectivity index (χ0v) is 7.70. The minimum Gasteiger partial charge on any atom is -0.396 e. The molecule has 70 valence electrons. The molecule has 0 amide bonds. The van der Waals surface area contributed by atoms with Crippen LogP contribution in [0.5, 0.6) is 0 Å². The van der Waals surface area contributed by atoms with Crippen LogP contribution in [-0.2, 0) is 0 Å². The Morgan fingerprint density at radius 1 is 1.38 bits per heavy atom. The van der Waals surface area contributed by atoms with E-state index < -0.39 is 0 Å². The van der Waals surface area contributed by atoms with Gasteiger partial charge >= 0.3 is 0 Å². The molecule has 0 saturated heterocycles. The first-order chi connectivity index (χ1) is 6.24. The van der Waals surface area contributed by atoms with Crippen LogP contribution in [-0.4, -0.2) is 16.0 Å². The topological polar surface area (TPSA) is 63.8 Å². The van der Waals surface area contributed by atoms with Crippen LogP contribution in [0.1, 0.15) is 19.8 Å². The third-order valence-electron chi connectivity index (χ3n) is 2.38. The highest BCUT2D eigenvalue weighted by molar-refractivity contribution is 5.36. The quantitative estimate of drug-likeness (QED) is 0.715. The Bertz CT molecular complexity index is 276. The molecule has 0 unspecified atom stereocenters. The van der Waals surface area contributed by atoms with Crippen LogP contribution >= 0.6 is 0 Å². The number of nitrogens with zero attached hydrogens (tertiary/aromatic N) is 2. The van der Waals surface area contributed by atoms with Gasteiger partial charge in [0.25, 0.3) is 0 Å². The van der Waals surface area contributed by atoms with Gasteiger partial charge < -0.3 is 11.1 Å². The summed E-state index contributed by atoms with van der Waals surface area (Å²) in [5.41, 5.74) is 6.08. The molecular formula is C9H14N4. The van der Waals surface area contributed by atoms with Crippen molar-refractivity contribution in [1.82, 2.24) is 9.97 Å². The number of nitrogen functional groups attached to an aromatic ring is 1. The Morgan fingerprint density at radius 2 is 2.00 bits per heavy atom. The normalized spacial score (nSPS) is 26.5. The standard InChI is InChI=1S/C9H14N4/c1-6-2-8(3-6)13-9-11-4-7(10)5-12-9/h4-6,8H,2-3,10H2,1H3,(H,11,12,13). The largest absolute Gasteiger partial charge is 0.396 e. The third-order valence-corrected chi connectivity index (χ3v) is 2.38. The number of nitrogens with two attached hydrogens (primary N) is 1. The number of aromatic nitrogens is 2. The van der Waals surface area contributed by atoms with Gasteiger partial charge in [0.05, 0.1) is 18.1 Å². The van der Waals surface area contributed by atoms with Gasteiger partial charge in [-0.05, 0) is 18.8 Å². The van der Waals surface area contributed by atoms with Crippen LogP contribution in [0.4, 0.5) is 11.6 Å². The first-order valence-corrected chi connectivity index (χ1v) is 4.58. The highest BCUT2D eigenvalue weighted by Crippen LogP contribution is 2.28. The van der Waals surface area contributed by atoms with E-state index in [4.69, 9.17) is 5.73 Å². The van der Waals surface area contributed by atoms with Crippen molar-refractivity contribution in [3.63, 3.8) is 0 Å². The van der Waals surface area contributed by atoms with E-state index in [0.29, 0.717) is 17.7 Å². The smallest absolute Gasteiger partial charge is 0.222 e. The average molecular weight is 178 g/mol. The second kappa shape index (κ2) is 3.20. The molecule has 2 rings (SSSR count). The van der Waals surface area contributed by atoms with Gasteiger partial charge in [-0.15, -0.1) is 0 Å². The summed E-state index contributed by atoms with van der Waals surface area (Å²) in [6.07, 6.45) is 5.68. The predicted octanol–water partition coefficient (Wildman–Crippen LogP) is 1.27. The molecule has 1 aliphatic carbocycles. The van der Waals surface area contributed by atoms with Gasteiger partial charge in [-0.2, -0.15) is 0 Å². The molecule has 0 bridgehead atoms. The second-order valence-electron chi connectivity index (χ2n) is 3.76. The van der Waals surface area contributed by atoms with Crippen molar-refractivity contribution in [3.8, 4) is 0 Å². The molecule has 0 aromatic carbocycles. The van der Waals surface area contributed by atoms with E-state index in [1.54, 1.807) is 12.4 Å². The molecule has 1 saturated carbocycles. The van der Waals surface area contributed by atoms with Crippen LogP contribution in [0, 0.1) is 5.92 Å². The van der Waals surface area contributed by atoms with Crippen molar-refractivity contribution < 1.29 is 0 Å². The molecule has 1 aliphatic rings. The molecule has 1 heterocycles. The Hall–Kier alpha value is -1.32. The lowest BCUT2D eigenvalue weighted by atomic mass is 9.82. The average Bonchev–Trinajstić information content (AvgIpc) is 2.06. The Kier molecular flexibility index (Phi) is 2.04. The van der Waals surface area contributed by atoms with Crippen molar-refractivity contribution >= 4 is 11.6 Å². The molecular weight excluding hydrogens is 164 g/mol. The lowest BCUT2D eigenvalue weighted by molar-refractivity contribution is 0.308. The number of anilines is 2. The molecule has 13 heavy (non-hydrogen) atoms. The van der Waals surface area contributed by atoms with Gasteiger partial charge in [0, 0.05) is 6.04 Å². The Labute approximate surface area is 77.6 Å². The van der Waals surface area contributed by atoms with Crippen LogP contribution in [0.3, 0.4) is 0 Å². The maximum absolute atomic E-state index is 5.47. The van der Waals surface area contributed by atoms with Crippen LogP contribution < -0.4 is 11.1 Å². The predicted molar refractivity (Wildman–Crippen MR) is 52.3 cm³/mol. The SMILES string of the molecule is CC1CC(Nc2ncc(N)cn2)C1. The van der Waals surface area contributed by atoms with Gasteiger partial charge in [0.1, 0.15) is 0 Å². The molecule has 4 nitrogen and oxygen atoms in total. The summed E-state index contributed by atoms with van der Waals surface area (Å²) < 4.78 is 0. The fourth-order valence-electron chi connectivity index (χ4n) is 1.62. The first-order valence-electron chi connectivity index (χ1n) is 4.58. The van der Waals surface area contributed by atoms with E-state index in [1.807, 2.05) is 0 Å². The zero-order valence-electron chi connectivity index (χ0n) is 7.70. The Morgan fingerprint density at radius 3 is 2.54 bits per heavy atom. The summed E-state index contributed by atoms with van der Waals surface area (Å²) in [5.74, 6) is 1.53. The molecule has 1 aromatic rings. The fraction of sp³-hybridized carbons (Fsp3) is 0.556. The summed E-state index contributed by atoms with van der Waals surface area (Å²) in [5, 5.41) is 3.26. The minimum atomic E-state index is 0.554. The van der Waals surface area contributed by atoms with E-state index in [0.717, 1.165) is 5.92 Å². The van der Waals surface area contributed by atoms with E-state index in [9.17, 15) is 0 Å². The van der Waals surface area contributed by atoms with Gasteiger partial charge in [-0.1, -0.05) is 6.92 Å². The third kappa shape index (κ3) is 1.88. The van der Waals surface area contributed by atoms with Crippen molar-refractivity contribution in [2.75, 3.05) is 11.1 Å². The molecule has 0 radical (unpaired) electrons. The summed E-state index contributed by atoms with van der Waals surface area (Å²) >= 11 is 0. The van der Waals surface area contributed by atoms with Crippen molar-refractivity contribution in [2.24, 2.45) is 5.92 Å². The molecule has 1 fully saturated rings. The summed E-state index contributed by atoms with van der Waals surface area (Å²) in [4.78, 5) is 8.16. The lowest BCUT2D eigenvalue weighted by Gasteiger charge is -2.33. The van der Waals surface area contributed by atoms with Crippen LogP contribution in [0.25, 0.3) is 0 Å². The number of hydrogen-bond donors (Lipinski definition) is 2. The lowest BCUT2D eigenvalue weighted by Crippen LogP contribution is -2.34. The number of rotatable bonds is 2. The monoisotopic (exact) mass is 178 g/mol. The molecule has 4 heteroatoms. The number of nitrogens with one attached hydrogen (secondary N) is 1. The van der Waals surface area contributed by atoms with Gasteiger partial charge in [-0.3, -0.25) is 0 Å². The van der Waals surface area contributed by atoms with E-state index >= 15 is 0 Å². The molecule has 3 N–H and O–H groups in total. The van der Waals surface area contributed by atoms with Crippen molar-refractivity contribution in [1.29, 1.82) is 0 Å². The maximum atomic E-state index is 5.47. The molecule has 0 aliphatic heterocycles. The van der Waals surface area contributed by atoms with E-state index in [1.165, 1.54) is 12.8 Å². The second-order valence-corrected chi connectivity index (χ2v) is 3.76. The number of hydrogen-bond acceptors (Lipinski definition) is 4. The van der Waals surface area contributed by atoms with Crippen molar-refractivity contribution in [2.45, 2.75) is 25.8 Å². The highest BCUT2D eigenvalue weighted by Gasteiger charge is 2.25. The van der Waals surface area contributed by atoms with E-state index in [2.05, 4.69) is 22.2 Å². The fourth-order valence-corrected chi connectivity index (χ4v) is 1.62. The summed E-state index contributed by atoms with van der Waals surface area (Å²) in [7, 11) is 0. The van der Waals surface area contributed by atoms with Crippen molar-refractivity contribution in [3.05, 3.63) is 12.4 Å². The van der Waals surface area contributed by atoms with E-state index in [-0.39, 0.29) is 0 Å². The molecule has 0 spiro atoms. The van der Waals surface area contributed by atoms with Gasteiger partial charge in [-0.25, -0.2) is 9.97 Å². The Balaban J connectivity index is 1.91. The van der Waals surface area contributed by atoms with Gasteiger partial charge in [0.2, 0.25) is 5.95 Å². The van der Waals surface area contributed by atoms with Gasteiger partial charge in [0.15, 0.2) is 0 Å². The minimum absolute atomic E-state index is 0.554. The van der Waals surface area contributed by atoms with Crippen LogP contribution in [0.2, 0.25) is 0 Å². The molecule has 0 atom stereocenters. The van der Waals surface area contributed by atoms with Crippen LogP contribution in [0.15, 0.2) is 12.4 Å². The maximum Gasteiger partial charge on any atom is 0.222 e. The summed E-state index contributed by atoms with van der Waals surface area (Å²) in [6.45, 7) is 2.25. The zero-order chi connectivity index (χ0) is 9.26. The molecule has 1 aromatic heterocycles. The first kappa shape index (κ1) is 8.29.